The fraction of sp³-hybridized carbons (Fsp3) is 0.333. The second-order valence-electron chi connectivity index (χ2n) is 6.01. The molecule has 2 amide bonds. The van der Waals surface area contributed by atoms with E-state index in [-0.39, 0.29) is 29.9 Å². The molecule has 2 heterocycles. The number of nitrogens with one attached hydrogen (secondary N) is 1. The van der Waals surface area contributed by atoms with Crippen LogP contribution in [0, 0.1) is 5.82 Å². The predicted molar refractivity (Wildman–Crippen MR) is 94.1 cm³/mol. The summed E-state index contributed by atoms with van der Waals surface area (Å²) in [6.07, 6.45) is 1.53. The SMILES string of the molecule is CC(=O)N1CCN(c2nccc(C(=O)NCc3ccccc3F)n2)CC1. The molecule has 1 aromatic carbocycles. The highest BCUT2D eigenvalue weighted by Crippen LogP contribution is 2.12. The number of benzene rings is 1. The van der Waals surface area contributed by atoms with Gasteiger partial charge in [0.15, 0.2) is 0 Å². The lowest BCUT2D eigenvalue weighted by molar-refractivity contribution is -0.129. The van der Waals surface area contributed by atoms with Gasteiger partial charge in [-0.05, 0) is 12.1 Å². The zero-order chi connectivity index (χ0) is 18.5. The van der Waals surface area contributed by atoms with Gasteiger partial charge >= 0.3 is 0 Å². The maximum atomic E-state index is 13.6. The highest BCUT2D eigenvalue weighted by atomic mass is 19.1. The van der Waals surface area contributed by atoms with Crippen molar-refractivity contribution >= 4 is 17.8 Å². The lowest BCUT2D eigenvalue weighted by Crippen LogP contribution is -2.48. The van der Waals surface area contributed by atoms with Crippen LogP contribution in [0.3, 0.4) is 0 Å². The highest BCUT2D eigenvalue weighted by molar-refractivity contribution is 5.92. The van der Waals surface area contributed by atoms with Crippen LogP contribution in [0.25, 0.3) is 0 Å². The standard InChI is InChI=1S/C18H20FN5O2/c1-13(25)23-8-10-24(11-9-23)18-20-7-6-16(22-18)17(26)21-12-14-4-2-3-5-15(14)19/h2-7H,8-12H2,1H3,(H,21,26). The molecule has 8 heteroatoms. The van der Waals surface area contributed by atoms with Crippen molar-refractivity contribution < 1.29 is 14.0 Å². The molecule has 0 unspecified atom stereocenters. The minimum Gasteiger partial charge on any atom is -0.347 e. The van der Waals surface area contributed by atoms with E-state index in [1.54, 1.807) is 30.0 Å². The Hall–Kier alpha value is -3.03. The number of hydrogen-bond donors (Lipinski definition) is 1. The first-order chi connectivity index (χ1) is 12.5. The molecule has 0 aliphatic carbocycles. The van der Waals surface area contributed by atoms with E-state index in [4.69, 9.17) is 0 Å². The van der Waals surface area contributed by atoms with E-state index in [2.05, 4.69) is 15.3 Å². The number of amides is 2. The Balaban J connectivity index is 1.63. The lowest BCUT2D eigenvalue weighted by Gasteiger charge is -2.34. The van der Waals surface area contributed by atoms with E-state index in [1.165, 1.54) is 18.3 Å². The fourth-order valence-corrected chi connectivity index (χ4v) is 2.76. The minimum absolute atomic E-state index is 0.0480. The Morgan fingerprint density at radius 2 is 1.88 bits per heavy atom. The lowest BCUT2D eigenvalue weighted by atomic mass is 10.2. The first-order valence-corrected chi connectivity index (χ1v) is 8.39. The summed E-state index contributed by atoms with van der Waals surface area (Å²) < 4.78 is 13.6. The molecule has 1 aliphatic heterocycles. The Morgan fingerprint density at radius 3 is 2.58 bits per heavy atom. The van der Waals surface area contributed by atoms with Crippen molar-refractivity contribution in [3.05, 3.63) is 53.6 Å². The molecule has 1 N–H and O–H groups in total. The minimum atomic E-state index is -0.390. The third-order valence-corrected chi connectivity index (χ3v) is 4.28. The Kier molecular flexibility index (Phi) is 5.40. The van der Waals surface area contributed by atoms with Gasteiger partial charge in [0.25, 0.3) is 5.91 Å². The Morgan fingerprint density at radius 1 is 1.15 bits per heavy atom. The van der Waals surface area contributed by atoms with E-state index >= 15 is 0 Å². The number of hydrogen-bond acceptors (Lipinski definition) is 5. The van der Waals surface area contributed by atoms with Crippen molar-refractivity contribution in [1.29, 1.82) is 0 Å². The van der Waals surface area contributed by atoms with Crippen molar-refractivity contribution in [2.75, 3.05) is 31.1 Å². The molecule has 3 rings (SSSR count). The maximum absolute atomic E-state index is 13.6. The van der Waals surface area contributed by atoms with Crippen LogP contribution in [0.5, 0.6) is 0 Å². The van der Waals surface area contributed by atoms with Gasteiger partial charge in [-0.25, -0.2) is 14.4 Å². The monoisotopic (exact) mass is 357 g/mol. The van der Waals surface area contributed by atoms with Gasteiger partial charge in [-0.2, -0.15) is 0 Å². The zero-order valence-electron chi connectivity index (χ0n) is 14.5. The van der Waals surface area contributed by atoms with Crippen LogP contribution in [0.1, 0.15) is 23.0 Å². The van der Waals surface area contributed by atoms with Gasteiger partial charge in [0.1, 0.15) is 11.5 Å². The third kappa shape index (κ3) is 4.14. The number of carbonyl (C=O) groups is 2. The fourth-order valence-electron chi connectivity index (χ4n) is 2.76. The molecule has 0 saturated carbocycles. The molecular weight excluding hydrogens is 337 g/mol. The third-order valence-electron chi connectivity index (χ3n) is 4.28. The molecule has 0 radical (unpaired) electrons. The molecule has 26 heavy (non-hydrogen) atoms. The molecule has 1 aliphatic rings. The summed E-state index contributed by atoms with van der Waals surface area (Å²) in [7, 11) is 0. The molecule has 1 aromatic heterocycles. The van der Waals surface area contributed by atoms with E-state index < -0.39 is 0 Å². The maximum Gasteiger partial charge on any atom is 0.270 e. The quantitative estimate of drug-likeness (QED) is 0.890. The van der Waals surface area contributed by atoms with Gasteiger partial charge in [-0.1, -0.05) is 18.2 Å². The first-order valence-electron chi connectivity index (χ1n) is 8.39. The largest absolute Gasteiger partial charge is 0.347 e. The van der Waals surface area contributed by atoms with Gasteiger partial charge in [0, 0.05) is 51.4 Å². The van der Waals surface area contributed by atoms with E-state index in [0.29, 0.717) is 37.7 Å². The molecule has 2 aromatic rings. The van der Waals surface area contributed by atoms with Crippen molar-refractivity contribution in [1.82, 2.24) is 20.2 Å². The summed E-state index contributed by atoms with van der Waals surface area (Å²) >= 11 is 0. The van der Waals surface area contributed by atoms with E-state index in [1.807, 2.05) is 4.90 Å². The molecule has 1 saturated heterocycles. The Bertz CT molecular complexity index is 806. The number of halogens is 1. The summed E-state index contributed by atoms with van der Waals surface area (Å²) in [6, 6.07) is 7.81. The second kappa shape index (κ2) is 7.90. The van der Waals surface area contributed by atoms with Crippen molar-refractivity contribution in [3.63, 3.8) is 0 Å². The zero-order valence-corrected chi connectivity index (χ0v) is 14.5. The highest BCUT2D eigenvalue weighted by Gasteiger charge is 2.21. The van der Waals surface area contributed by atoms with Crippen LogP contribution in [0.4, 0.5) is 10.3 Å². The average Bonchev–Trinajstić information content (AvgIpc) is 2.67. The van der Waals surface area contributed by atoms with Crippen molar-refractivity contribution in [2.24, 2.45) is 0 Å². The molecule has 0 spiro atoms. The smallest absolute Gasteiger partial charge is 0.270 e. The number of anilines is 1. The summed E-state index contributed by atoms with van der Waals surface area (Å²) in [5, 5.41) is 2.67. The van der Waals surface area contributed by atoms with Gasteiger partial charge < -0.3 is 15.1 Å². The topological polar surface area (TPSA) is 78.4 Å². The average molecular weight is 357 g/mol. The summed E-state index contributed by atoms with van der Waals surface area (Å²) in [5.74, 6) is -0.252. The van der Waals surface area contributed by atoms with E-state index in [0.717, 1.165) is 0 Å². The van der Waals surface area contributed by atoms with Crippen molar-refractivity contribution in [2.45, 2.75) is 13.5 Å². The molecular formula is C18H20FN5O2. The first kappa shape index (κ1) is 17.8. The van der Waals surface area contributed by atoms with Gasteiger partial charge in [-0.3, -0.25) is 9.59 Å². The molecule has 0 bridgehead atoms. The number of nitrogens with zero attached hydrogens (tertiary/aromatic N) is 4. The van der Waals surface area contributed by atoms with Crippen molar-refractivity contribution in [3.8, 4) is 0 Å². The van der Waals surface area contributed by atoms with Crippen LogP contribution < -0.4 is 10.2 Å². The summed E-state index contributed by atoms with van der Waals surface area (Å²) in [5.41, 5.74) is 0.635. The molecule has 1 fully saturated rings. The second-order valence-corrected chi connectivity index (χ2v) is 6.01. The van der Waals surface area contributed by atoms with Crippen LogP contribution in [0.2, 0.25) is 0 Å². The van der Waals surface area contributed by atoms with Crippen LogP contribution in [-0.4, -0.2) is 52.9 Å². The molecule has 136 valence electrons. The normalized spacial score (nSPS) is 14.2. The van der Waals surface area contributed by atoms with Crippen LogP contribution in [0.15, 0.2) is 36.5 Å². The molecule has 0 atom stereocenters. The predicted octanol–water partition coefficient (Wildman–Crippen LogP) is 1.21. The van der Waals surface area contributed by atoms with Gasteiger partial charge in [-0.15, -0.1) is 0 Å². The van der Waals surface area contributed by atoms with Gasteiger partial charge in [0.2, 0.25) is 11.9 Å². The summed E-state index contributed by atoms with van der Waals surface area (Å²) in [4.78, 5) is 35.9. The van der Waals surface area contributed by atoms with Gasteiger partial charge in [0.05, 0.1) is 0 Å². The van der Waals surface area contributed by atoms with Crippen LogP contribution in [-0.2, 0) is 11.3 Å². The Labute approximate surface area is 150 Å². The number of rotatable bonds is 4. The number of piperazine rings is 1. The number of aromatic nitrogens is 2. The van der Waals surface area contributed by atoms with Crippen LogP contribution >= 0.6 is 0 Å². The van der Waals surface area contributed by atoms with E-state index in [9.17, 15) is 14.0 Å². The number of carbonyl (C=O) groups excluding carboxylic acids is 2. The summed E-state index contributed by atoms with van der Waals surface area (Å²) in [6.45, 7) is 4.05. The molecule has 7 nitrogen and oxygen atoms in total.